The first-order valence-corrected chi connectivity index (χ1v) is 11.6. The van der Waals surface area contributed by atoms with Gasteiger partial charge < -0.3 is 4.43 Å². The minimum absolute atomic E-state index is 0.101. The lowest BCUT2D eigenvalue weighted by Crippen LogP contribution is -2.35. The Kier molecular flexibility index (Phi) is 6.54. The molecule has 3 nitrogen and oxygen atoms in total. The van der Waals surface area contributed by atoms with Crippen LogP contribution in [-0.4, -0.2) is 20.6 Å². The normalized spacial score (nSPS) is 13.0. The van der Waals surface area contributed by atoms with E-state index in [1.165, 1.54) is 0 Å². The van der Waals surface area contributed by atoms with Crippen LogP contribution in [0.2, 0.25) is 13.1 Å². The zero-order valence-electron chi connectivity index (χ0n) is 14.3. The first-order valence-electron chi connectivity index (χ1n) is 7.87. The van der Waals surface area contributed by atoms with Crippen molar-refractivity contribution in [2.45, 2.75) is 26.1 Å². The Labute approximate surface area is 153 Å². The Morgan fingerprint density at radius 2 is 1.54 bits per heavy atom. The van der Waals surface area contributed by atoms with Gasteiger partial charge in [-0.15, -0.1) is 0 Å². The van der Waals surface area contributed by atoms with Crippen LogP contribution in [0.5, 0.6) is 0 Å². The van der Waals surface area contributed by atoms with Gasteiger partial charge in [0.1, 0.15) is 0 Å². The Hall–Kier alpha value is -1.69. The van der Waals surface area contributed by atoms with Gasteiger partial charge in [0.2, 0.25) is 8.32 Å². The SMILES string of the molecule is C=C(Br)[Si](C)(C)O[C@@H](C)/C=N/N(c1ccccc1)c1ccccc1. The van der Waals surface area contributed by atoms with E-state index in [-0.39, 0.29) is 6.10 Å². The first kappa shape index (κ1) is 18.6. The third-order valence-corrected chi connectivity index (χ3v) is 8.66. The Morgan fingerprint density at radius 3 is 1.96 bits per heavy atom. The van der Waals surface area contributed by atoms with Crippen LogP contribution in [0, 0.1) is 0 Å². The maximum absolute atomic E-state index is 6.14. The summed E-state index contributed by atoms with van der Waals surface area (Å²) in [6, 6.07) is 20.2. The molecular weight excluding hydrogens is 380 g/mol. The molecule has 0 aliphatic rings. The summed E-state index contributed by atoms with van der Waals surface area (Å²) in [4.78, 5) is 0. The number of hydrogen-bond donors (Lipinski definition) is 0. The monoisotopic (exact) mass is 402 g/mol. The zero-order valence-corrected chi connectivity index (χ0v) is 16.9. The minimum Gasteiger partial charge on any atom is -0.405 e. The molecule has 1 atom stereocenters. The van der Waals surface area contributed by atoms with E-state index in [1.54, 1.807) is 0 Å². The highest BCUT2D eigenvalue weighted by Crippen LogP contribution is 2.25. The Balaban J connectivity index is 2.21. The molecule has 5 heteroatoms. The fourth-order valence-corrected chi connectivity index (χ4v) is 3.54. The molecule has 0 fully saturated rings. The van der Waals surface area contributed by atoms with Crippen LogP contribution in [0.3, 0.4) is 0 Å². The number of hydrazone groups is 1. The Morgan fingerprint density at radius 1 is 1.08 bits per heavy atom. The van der Waals surface area contributed by atoms with Crippen LogP contribution in [0.1, 0.15) is 6.92 Å². The van der Waals surface area contributed by atoms with Gasteiger partial charge in [0.05, 0.1) is 23.7 Å². The van der Waals surface area contributed by atoms with Crippen LogP contribution in [0.25, 0.3) is 0 Å². The predicted octanol–water partition coefficient (Wildman–Crippen LogP) is 5.87. The second-order valence-corrected chi connectivity index (χ2v) is 11.5. The molecule has 0 unspecified atom stereocenters. The highest BCUT2D eigenvalue weighted by Gasteiger charge is 2.27. The predicted molar refractivity (Wildman–Crippen MR) is 110 cm³/mol. The summed E-state index contributed by atoms with van der Waals surface area (Å²) >= 11 is 3.47. The molecule has 2 aromatic rings. The van der Waals surface area contributed by atoms with Crippen molar-refractivity contribution in [2.24, 2.45) is 5.10 Å². The topological polar surface area (TPSA) is 24.8 Å². The van der Waals surface area contributed by atoms with Crippen molar-refractivity contribution in [3.05, 3.63) is 71.3 Å². The quantitative estimate of drug-likeness (QED) is 0.328. The number of benzene rings is 2. The summed E-state index contributed by atoms with van der Waals surface area (Å²) in [5, 5.41) is 6.58. The van der Waals surface area contributed by atoms with Crippen molar-refractivity contribution in [3.8, 4) is 0 Å². The van der Waals surface area contributed by atoms with Crippen molar-refractivity contribution >= 4 is 41.8 Å². The van der Waals surface area contributed by atoms with Gasteiger partial charge in [-0.2, -0.15) is 5.10 Å². The van der Waals surface area contributed by atoms with Gasteiger partial charge in [0, 0.05) is 4.11 Å². The second-order valence-electron chi connectivity index (χ2n) is 5.99. The van der Waals surface area contributed by atoms with E-state index in [1.807, 2.05) is 78.8 Å². The lowest BCUT2D eigenvalue weighted by Gasteiger charge is -2.25. The summed E-state index contributed by atoms with van der Waals surface area (Å²) in [5.41, 5.74) is 2.02. The number of nitrogens with zero attached hydrogens (tertiary/aromatic N) is 2. The first-order chi connectivity index (χ1) is 11.4. The van der Waals surface area contributed by atoms with Crippen molar-refractivity contribution in [3.63, 3.8) is 0 Å². The second kappa shape index (κ2) is 8.42. The maximum atomic E-state index is 6.14. The summed E-state index contributed by atoms with van der Waals surface area (Å²) in [6.07, 6.45) is 1.74. The lowest BCUT2D eigenvalue weighted by atomic mass is 10.2. The molecule has 0 amide bonds. The van der Waals surface area contributed by atoms with E-state index in [0.717, 1.165) is 15.5 Å². The largest absolute Gasteiger partial charge is 0.405 e. The molecular formula is C19H23BrN2OSi. The van der Waals surface area contributed by atoms with Crippen molar-refractivity contribution in [1.82, 2.24) is 0 Å². The van der Waals surface area contributed by atoms with Gasteiger partial charge in [-0.3, -0.25) is 0 Å². The van der Waals surface area contributed by atoms with E-state index in [9.17, 15) is 0 Å². The minimum atomic E-state index is -1.96. The number of halogens is 1. The molecule has 2 rings (SSSR count). The number of para-hydroxylation sites is 2. The van der Waals surface area contributed by atoms with Crippen molar-refractivity contribution in [1.29, 1.82) is 0 Å². The smallest absolute Gasteiger partial charge is 0.225 e. The molecule has 0 saturated heterocycles. The lowest BCUT2D eigenvalue weighted by molar-refractivity contribution is 0.287. The number of rotatable bonds is 7. The van der Waals surface area contributed by atoms with Gasteiger partial charge in [-0.1, -0.05) is 58.9 Å². The molecule has 2 aromatic carbocycles. The standard InChI is InChI=1S/C19H23BrN2OSi/c1-16(23-24(3,4)17(2)20)15-21-22(18-11-7-5-8-12-18)19-13-9-6-10-14-19/h5-16H,2H2,1,3-4H3/b21-15+/t16-/m0/s1. The fourth-order valence-electron chi connectivity index (χ4n) is 2.14. The van der Waals surface area contributed by atoms with E-state index >= 15 is 0 Å². The Bertz CT molecular complexity index is 650. The number of anilines is 2. The van der Waals surface area contributed by atoms with Crippen LogP contribution < -0.4 is 5.01 Å². The molecule has 24 heavy (non-hydrogen) atoms. The van der Waals surface area contributed by atoms with Gasteiger partial charge >= 0.3 is 0 Å². The van der Waals surface area contributed by atoms with Crippen molar-refractivity contribution < 1.29 is 4.43 Å². The molecule has 0 radical (unpaired) electrons. The summed E-state index contributed by atoms with van der Waals surface area (Å²) in [6.45, 7) is 10.2. The average Bonchev–Trinajstić information content (AvgIpc) is 2.56. The molecule has 0 aromatic heterocycles. The van der Waals surface area contributed by atoms with Gasteiger partial charge in [-0.25, -0.2) is 5.01 Å². The highest BCUT2D eigenvalue weighted by atomic mass is 79.9. The van der Waals surface area contributed by atoms with Crippen LogP contribution in [-0.2, 0) is 4.43 Å². The molecule has 0 saturated carbocycles. The number of hydrogen-bond acceptors (Lipinski definition) is 3. The molecule has 0 bridgehead atoms. The van der Waals surface area contributed by atoms with E-state index < -0.39 is 8.32 Å². The van der Waals surface area contributed by atoms with E-state index in [0.29, 0.717) is 0 Å². The summed E-state index contributed by atoms with van der Waals surface area (Å²) in [5.74, 6) is 0. The molecule has 0 N–H and O–H groups in total. The third-order valence-electron chi connectivity index (χ3n) is 3.53. The van der Waals surface area contributed by atoms with Gasteiger partial charge in [0.25, 0.3) is 0 Å². The summed E-state index contributed by atoms with van der Waals surface area (Å²) < 4.78 is 7.08. The van der Waals surface area contributed by atoms with Gasteiger partial charge in [-0.05, 0) is 44.3 Å². The zero-order chi connectivity index (χ0) is 17.6. The van der Waals surface area contributed by atoms with Crippen molar-refractivity contribution in [2.75, 3.05) is 5.01 Å². The molecule has 0 aliphatic heterocycles. The molecule has 126 valence electrons. The molecule has 0 spiro atoms. The average molecular weight is 403 g/mol. The molecule has 0 heterocycles. The van der Waals surface area contributed by atoms with Crippen LogP contribution >= 0.6 is 15.9 Å². The van der Waals surface area contributed by atoms with E-state index in [4.69, 9.17) is 4.43 Å². The fraction of sp³-hybridized carbons (Fsp3) is 0.211. The van der Waals surface area contributed by atoms with Crippen LogP contribution in [0.4, 0.5) is 11.4 Å². The van der Waals surface area contributed by atoms with Crippen LogP contribution in [0.15, 0.2) is 76.4 Å². The maximum Gasteiger partial charge on any atom is 0.225 e. The summed E-state index contributed by atoms with van der Waals surface area (Å²) in [7, 11) is -1.96. The van der Waals surface area contributed by atoms with Gasteiger partial charge in [0.15, 0.2) is 0 Å². The highest BCUT2D eigenvalue weighted by molar-refractivity contribution is 9.12. The van der Waals surface area contributed by atoms with E-state index in [2.05, 4.69) is 40.7 Å². The molecule has 0 aliphatic carbocycles. The third kappa shape index (κ3) is 5.16.